The van der Waals surface area contributed by atoms with Crippen LogP contribution >= 0.6 is 12.6 Å². The summed E-state index contributed by atoms with van der Waals surface area (Å²) < 4.78 is 0. The van der Waals surface area contributed by atoms with Crippen LogP contribution in [0.4, 0.5) is 0 Å². The van der Waals surface area contributed by atoms with Gasteiger partial charge in [-0.15, -0.1) is 0 Å². The van der Waals surface area contributed by atoms with E-state index in [1.165, 1.54) is 17.4 Å². The molecule has 1 aromatic rings. The molecule has 154 valence electrons. The van der Waals surface area contributed by atoms with Gasteiger partial charge in [-0.05, 0) is 12.8 Å². The smallest absolute Gasteiger partial charge is 0.326 e. The normalized spacial score (nSPS) is 18.4. The zero-order chi connectivity index (χ0) is 20.7. The van der Waals surface area contributed by atoms with E-state index in [2.05, 4.69) is 33.2 Å². The lowest BCUT2D eigenvalue weighted by Gasteiger charge is -2.26. The highest BCUT2D eigenvalue weighted by Gasteiger charge is 2.35. The van der Waals surface area contributed by atoms with Crippen LogP contribution in [0.1, 0.15) is 18.5 Å². The molecule has 0 aromatic carbocycles. The molecule has 0 aliphatic carbocycles. The molecule has 1 aliphatic rings. The summed E-state index contributed by atoms with van der Waals surface area (Å²) in [5, 5.41) is 14.3. The third-order valence-corrected chi connectivity index (χ3v) is 4.82. The highest BCUT2D eigenvalue weighted by atomic mass is 32.1. The van der Waals surface area contributed by atoms with Crippen LogP contribution in [0.3, 0.4) is 0 Å². The fourth-order valence-electron chi connectivity index (χ4n) is 3.01. The predicted molar refractivity (Wildman–Crippen MR) is 101 cm³/mol. The van der Waals surface area contributed by atoms with E-state index in [-0.39, 0.29) is 24.6 Å². The van der Waals surface area contributed by atoms with Gasteiger partial charge >= 0.3 is 5.97 Å². The van der Waals surface area contributed by atoms with Gasteiger partial charge in [-0.25, -0.2) is 9.78 Å². The summed E-state index contributed by atoms with van der Waals surface area (Å²) in [7, 11) is 0. The first-order valence-electron chi connectivity index (χ1n) is 8.78. The second-order valence-electron chi connectivity index (χ2n) is 6.37. The van der Waals surface area contributed by atoms with Crippen molar-refractivity contribution in [1.82, 2.24) is 25.5 Å². The van der Waals surface area contributed by atoms with Crippen LogP contribution in [0.5, 0.6) is 0 Å². The van der Waals surface area contributed by atoms with E-state index in [1.807, 2.05) is 0 Å². The third kappa shape index (κ3) is 5.45. The molecule has 2 rings (SSSR count). The average Bonchev–Trinajstić information content (AvgIpc) is 3.36. The quantitative estimate of drug-likeness (QED) is 0.252. The summed E-state index contributed by atoms with van der Waals surface area (Å²) in [6.07, 6.45) is 4.00. The van der Waals surface area contributed by atoms with Crippen molar-refractivity contribution in [3.8, 4) is 0 Å². The van der Waals surface area contributed by atoms with Crippen molar-refractivity contribution in [3.63, 3.8) is 0 Å². The zero-order valence-electron chi connectivity index (χ0n) is 15.1. The van der Waals surface area contributed by atoms with Crippen molar-refractivity contribution in [2.45, 2.75) is 37.4 Å². The van der Waals surface area contributed by atoms with Gasteiger partial charge in [-0.2, -0.15) is 12.6 Å². The second-order valence-corrected chi connectivity index (χ2v) is 6.74. The molecule has 3 amide bonds. The van der Waals surface area contributed by atoms with Crippen molar-refractivity contribution in [2.75, 3.05) is 18.8 Å². The summed E-state index contributed by atoms with van der Waals surface area (Å²) in [4.78, 5) is 56.3. The van der Waals surface area contributed by atoms with Crippen LogP contribution in [0.25, 0.3) is 0 Å². The van der Waals surface area contributed by atoms with Crippen LogP contribution < -0.4 is 16.4 Å². The second kappa shape index (κ2) is 10.1. The van der Waals surface area contributed by atoms with Crippen LogP contribution in [-0.2, 0) is 25.6 Å². The number of rotatable bonds is 9. The lowest BCUT2D eigenvalue weighted by Crippen LogP contribution is -2.56. The summed E-state index contributed by atoms with van der Waals surface area (Å²) in [6, 6.07) is -2.95. The summed E-state index contributed by atoms with van der Waals surface area (Å²) in [5.41, 5.74) is 5.91. The highest BCUT2D eigenvalue weighted by Crippen LogP contribution is 2.17. The Morgan fingerprint density at radius 1 is 1.36 bits per heavy atom. The number of aliphatic carboxylic acids is 1. The molecule has 1 saturated heterocycles. The molecule has 6 N–H and O–H groups in total. The molecule has 0 radical (unpaired) electrons. The van der Waals surface area contributed by atoms with Gasteiger partial charge in [0.2, 0.25) is 17.7 Å². The van der Waals surface area contributed by atoms with Gasteiger partial charge in [-0.1, -0.05) is 0 Å². The maximum atomic E-state index is 12.5. The number of H-pyrrole nitrogens is 1. The number of carboxylic acid groups (broad SMARTS) is 1. The van der Waals surface area contributed by atoms with Gasteiger partial charge < -0.3 is 31.4 Å². The lowest BCUT2D eigenvalue weighted by atomic mass is 10.1. The first kappa shape index (κ1) is 21.7. The van der Waals surface area contributed by atoms with E-state index >= 15 is 0 Å². The Balaban J connectivity index is 1.98. The molecule has 1 fully saturated rings. The van der Waals surface area contributed by atoms with Crippen LogP contribution in [0, 0.1) is 0 Å². The van der Waals surface area contributed by atoms with Crippen LogP contribution in [0.2, 0.25) is 0 Å². The van der Waals surface area contributed by atoms with Gasteiger partial charge in [0.15, 0.2) is 0 Å². The van der Waals surface area contributed by atoms with E-state index in [1.54, 1.807) is 0 Å². The monoisotopic (exact) mass is 412 g/mol. The number of hydrogen-bond acceptors (Lipinski definition) is 7. The lowest BCUT2D eigenvalue weighted by molar-refractivity contribution is -0.142. The minimum atomic E-state index is -1.22. The molecule has 28 heavy (non-hydrogen) atoms. The number of nitrogens with one attached hydrogen (secondary N) is 3. The highest BCUT2D eigenvalue weighted by molar-refractivity contribution is 7.80. The Labute approximate surface area is 166 Å². The number of amides is 3. The largest absolute Gasteiger partial charge is 0.480 e. The van der Waals surface area contributed by atoms with Gasteiger partial charge in [0.05, 0.1) is 12.9 Å². The van der Waals surface area contributed by atoms with E-state index in [0.29, 0.717) is 25.1 Å². The minimum Gasteiger partial charge on any atom is -0.480 e. The Morgan fingerprint density at radius 2 is 2.11 bits per heavy atom. The SMILES string of the molecule is NCC(=O)N1CCCC1C(=O)NC(CS)C(=O)NC(Cc1cnc[nH]1)C(=O)O. The van der Waals surface area contributed by atoms with Crippen molar-refractivity contribution < 1.29 is 24.3 Å². The van der Waals surface area contributed by atoms with Crippen molar-refractivity contribution in [3.05, 3.63) is 18.2 Å². The maximum absolute atomic E-state index is 12.5. The number of imidazole rings is 1. The average molecular weight is 412 g/mol. The number of likely N-dealkylation sites (tertiary alicyclic amines) is 1. The van der Waals surface area contributed by atoms with E-state index in [4.69, 9.17) is 5.73 Å². The topological polar surface area (TPSA) is 171 Å². The van der Waals surface area contributed by atoms with Crippen LogP contribution in [-0.4, -0.2) is 80.6 Å². The first-order chi connectivity index (χ1) is 13.4. The zero-order valence-corrected chi connectivity index (χ0v) is 16.0. The number of carbonyl (C=O) groups excluding carboxylic acids is 3. The molecule has 0 saturated carbocycles. The first-order valence-corrected chi connectivity index (χ1v) is 9.41. The molecule has 1 aliphatic heterocycles. The molecule has 2 heterocycles. The van der Waals surface area contributed by atoms with Crippen molar-refractivity contribution in [2.24, 2.45) is 5.73 Å². The number of nitrogens with zero attached hydrogens (tertiary/aromatic N) is 2. The number of thiol groups is 1. The molecule has 0 spiro atoms. The van der Waals surface area contributed by atoms with E-state index < -0.39 is 35.9 Å². The Hall–Kier alpha value is -2.60. The number of aromatic amines is 1. The number of carbonyl (C=O) groups is 4. The number of nitrogens with two attached hydrogens (primary N) is 1. The summed E-state index contributed by atoms with van der Waals surface area (Å²) in [6.45, 7) is 0.227. The van der Waals surface area contributed by atoms with Crippen molar-refractivity contribution >= 4 is 36.3 Å². The van der Waals surface area contributed by atoms with Gasteiger partial charge in [-0.3, -0.25) is 14.4 Å². The molecule has 12 heteroatoms. The third-order valence-electron chi connectivity index (χ3n) is 4.46. The fourth-order valence-corrected chi connectivity index (χ4v) is 3.26. The van der Waals surface area contributed by atoms with Gasteiger partial charge in [0.25, 0.3) is 0 Å². The molecule has 1 aromatic heterocycles. The molecular formula is C16H24N6O5S. The van der Waals surface area contributed by atoms with E-state index in [9.17, 15) is 24.3 Å². The summed E-state index contributed by atoms with van der Waals surface area (Å²) >= 11 is 4.08. The van der Waals surface area contributed by atoms with Crippen LogP contribution in [0.15, 0.2) is 12.5 Å². The van der Waals surface area contributed by atoms with Gasteiger partial charge in [0, 0.05) is 30.6 Å². The standard InChI is InChI=1S/C16H24N6O5S/c17-5-13(23)22-3-1-2-12(22)15(25)21-11(7-28)14(24)20-10(16(26)27)4-9-6-18-8-19-9/h6,8,10-12,28H,1-5,7,17H2,(H,18,19)(H,20,24)(H,21,25)(H,26,27). The fraction of sp³-hybridized carbons (Fsp3) is 0.562. The Morgan fingerprint density at radius 3 is 2.68 bits per heavy atom. The number of carboxylic acids is 1. The van der Waals surface area contributed by atoms with Gasteiger partial charge in [0.1, 0.15) is 18.1 Å². The Bertz CT molecular complexity index is 712. The minimum absolute atomic E-state index is 0.00964. The molecule has 0 bridgehead atoms. The number of aromatic nitrogens is 2. The molecule has 3 unspecified atom stereocenters. The number of hydrogen-bond donors (Lipinski definition) is 6. The molecule has 3 atom stereocenters. The Kier molecular flexibility index (Phi) is 7.81. The predicted octanol–water partition coefficient (Wildman–Crippen LogP) is -2.11. The van der Waals surface area contributed by atoms with Crippen molar-refractivity contribution in [1.29, 1.82) is 0 Å². The summed E-state index contributed by atoms with van der Waals surface area (Å²) in [5.74, 6) is -2.76. The molecular weight excluding hydrogens is 388 g/mol. The van der Waals surface area contributed by atoms with E-state index in [0.717, 1.165) is 0 Å². The molecule has 11 nitrogen and oxygen atoms in total. The maximum Gasteiger partial charge on any atom is 0.326 e.